The molecule has 1 aliphatic carbocycles. The van der Waals surface area contributed by atoms with Gasteiger partial charge in [0.2, 0.25) is 0 Å². The summed E-state index contributed by atoms with van der Waals surface area (Å²) in [5, 5.41) is 0. The van der Waals surface area contributed by atoms with Gasteiger partial charge in [-0.2, -0.15) is 0 Å². The number of allylic oxidation sites excluding steroid dienone is 2. The third-order valence-corrected chi connectivity index (χ3v) is 5.62. The van der Waals surface area contributed by atoms with E-state index in [0.717, 1.165) is 13.2 Å². The quantitative estimate of drug-likeness (QED) is 0.805. The highest BCUT2D eigenvalue weighted by molar-refractivity contribution is 5.09. The number of hydrogen-bond acceptors (Lipinski definition) is 2. The second-order valence-electron chi connectivity index (χ2n) is 7.61. The van der Waals surface area contributed by atoms with Gasteiger partial charge in [-0.25, -0.2) is 0 Å². The number of rotatable bonds is 3. The molecule has 3 nitrogen and oxygen atoms in total. The van der Waals surface area contributed by atoms with E-state index < -0.39 is 0 Å². The molecular formula is C18H32NO2+. The van der Waals surface area contributed by atoms with Crippen molar-refractivity contribution in [3.05, 3.63) is 11.6 Å². The van der Waals surface area contributed by atoms with E-state index >= 15 is 0 Å². The monoisotopic (exact) mass is 294 g/mol. The van der Waals surface area contributed by atoms with Gasteiger partial charge in [-0.05, 0) is 44.4 Å². The van der Waals surface area contributed by atoms with Crippen molar-refractivity contribution in [2.24, 2.45) is 17.8 Å². The number of nitrogens with one attached hydrogen (secondary N) is 1. The smallest absolute Gasteiger partial charge is 0.162 e. The molecule has 0 unspecified atom stereocenters. The maximum absolute atomic E-state index is 6.31. The zero-order valence-corrected chi connectivity index (χ0v) is 13.9. The molecule has 0 spiro atoms. The van der Waals surface area contributed by atoms with Crippen LogP contribution >= 0.6 is 0 Å². The Balaban J connectivity index is 1.54. The summed E-state index contributed by atoms with van der Waals surface area (Å²) in [5.41, 5.74) is 1.53. The lowest BCUT2D eigenvalue weighted by Gasteiger charge is -2.36. The minimum atomic E-state index is 0.0218. The Labute approximate surface area is 129 Å². The lowest BCUT2D eigenvalue weighted by molar-refractivity contribution is -0.907. The van der Waals surface area contributed by atoms with E-state index in [0.29, 0.717) is 23.9 Å². The molecule has 0 amide bonds. The second kappa shape index (κ2) is 6.80. The minimum absolute atomic E-state index is 0.0218. The molecular weight excluding hydrogens is 262 g/mol. The SMILES string of the molecule is CC1=C[C@H](C)[C@H]([C@@H]2OC[C@H](C[NH+]3CCCCC3)O2)[C@H](C)C1. The summed E-state index contributed by atoms with van der Waals surface area (Å²) in [4.78, 5) is 1.72. The van der Waals surface area contributed by atoms with Crippen LogP contribution in [-0.2, 0) is 9.47 Å². The average molecular weight is 294 g/mol. The van der Waals surface area contributed by atoms with Crippen LogP contribution in [0.3, 0.4) is 0 Å². The van der Waals surface area contributed by atoms with Gasteiger partial charge in [-0.1, -0.05) is 25.5 Å². The molecule has 2 heterocycles. The summed E-state index contributed by atoms with van der Waals surface area (Å²) in [7, 11) is 0. The van der Waals surface area contributed by atoms with Crippen molar-refractivity contribution < 1.29 is 14.4 Å². The standard InChI is InChI=1S/C18H31NO2/c1-13-9-14(2)17(15(3)10-13)18-20-12-16(21-18)11-19-7-5-4-6-8-19/h9,14-18H,4-8,10-12H2,1-3H3/p+1/t14-,15+,16-,17-,18+/m0/s1. The highest BCUT2D eigenvalue weighted by atomic mass is 16.7. The minimum Gasteiger partial charge on any atom is -0.349 e. The molecule has 2 saturated heterocycles. The molecule has 3 heteroatoms. The lowest BCUT2D eigenvalue weighted by Crippen LogP contribution is -3.13. The number of ether oxygens (including phenoxy) is 2. The van der Waals surface area contributed by atoms with Crippen molar-refractivity contribution in [3.8, 4) is 0 Å². The fraction of sp³-hybridized carbons (Fsp3) is 0.889. The third-order valence-electron chi connectivity index (χ3n) is 5.62. The van der Waals surface area contributed by atoms with Crippen LogP contribution < -0.4 is 4.90 Å². The Morgan fingerprint density at radius 2 is 1.95 bits per heavy atom. The van der Waals surface area contributed by atoms with E-state index in [9.17, 15) is 0 Å². The maximum atomic E-state index is 6.31. The molecule has 0 aromatic carbocycles. The zero-order valence-electron chi connectivity index (χ0n) is 13.9. The molecule has 0 radical (unpaired) electrons. The first-order chi connectivity index (χ1) is 10.1. The van der Waals surface area contributed by atoms with E-state index in [4.69, 9.17) is 9.47 Å². The van der Waals surface area contributed by atoms with Gasteiger partial charge in [0.25, 0.3) is 0 Å². The predicted molar refractivity (Wildman–Crippen MR) is 84.2 cm³/mol. The van der Waals surface area contributed by atoms with E-state index in [1.165, 1.54) is 44.3 Å². The van der Waals surface area contributed by atoms with Gasteiger partial charge in [-0.3, -0.25) is 0 Å². The molecule has 0 aromatic heterocycles. The highest BCUT2D eigenvalue weighted by Gasteiger charge is 2.40. The summed E-state index contributed by atoms with van der Waals surface area (Å²) < 4.78 is 12.4. The molecule has 0 bridgehead atoms. The van der Waals surface area contributed by atoms with E-state index in [1.807, 2.05) is 0 Å². The molecule has 21 heavy (non-hydrogen) atoms. The highest BCUT2D eigenvalue weighted by Crippen LogP contribution is 2.38. The van der Waals surface area contributed by atoms with Crippen LogP contribution in [0.5, 0.6) is 0 Å². The second-order valence-corrected chi connectivity index (χ2v) is 7.61. The van der Waals surface area contributed by atoms with Crippen LogP contribution in [0.25, 0.3) is 0 Å². The van der Waals surface area contributed by atoms with Gasteiger partial charge in [0, 0.05) is 5.92 Å². The fourth-order valence-electron chi connectivity index (χ4n) is 4.66. The first kappa shape index (κ1) is 15.5. The van der Waals surface area contributed by atoms with Crippen molar-refractivity contribution in [2.75, 3.05) is 26.2 Å². The predicted octanol–water partition coefficient (Wildman–Crippen LogP) is 2.04. The topological polar surface area (TPSA) is 22.9 Å². The molecule has 1 N–H and O–H groups in total. The molecule has 3 rings (SSSR count). The Kier molecular flexibility index (Phi) is 5.03. The normalized spacial score (nSPS) is 42.0. The molecule has 2 fully saturated rings. The Morgan fingerprint density at radius 3 is 2.67 bits per heavy atom. The Morgan fingerprint density at radius 1 is 1.19 bits per heavy atom. The van der Waals surface area contributed by atoms with E-state index in [1.54, 1.807) is 4.90 Å². The molecule has 0 aromatic rings. The molecule has 2 aliphatic heterocycles. The van der Waals surface area contributed by atoms with Crippen LogP contribution in [0.4, 0.5) is 0 Å². The molecule has 0 saturated carbocycles. The van der Waals surface area contributed by atoms with Crippen molar-refractivity contribution in [3.63, 3.8) is 0 Å². The summed E-state index contributed by atoms with van der Waals surface area (Å²) in [6.07, 6.45) is 8.13. The van der Waals surface area contributed by atoms with Crippen molar-refractivity contribution >= 4 is 0 Å². The number of hydrogen-bond donors (Lipinski definition) is 1. The Bertz CT molecular complexity index is 375. The lowest BCUT2D eigenvalue weighted by atomic mass is 9.74. The van der Waals surface area contributed by atoms with E-state index in [2.05, 4.69) is 26.8 Å². The van der Waals surface area contributed by atoms with Crippen LogP contribution in [0.2, 0.25) is 0 Å². The summed E-state index contributed by atoms with van der Waals surface area (Å²) >= 11 is 0. The van der Waals surface area contributed by atoms with Gasteiger partial charge in [0.05, 0.1) is 19.7 Å². The number of likely N-dealkylation sites (tertiary alicyclic amines) is 1. The zero-order chi connectivity index (χ0) is 14.8. The fourth-order valence-corrected chi connectivity index (χ4v) is 4.66. The molecule has 3 aliphatic rings. The first-order valence-corrected chi connectivity index (χ1v) is 8.91. The number of quaternary nitrogens is 1. The van der Waals surface area contributed by atoms with Crippen molar-refractivity contribution in [2.45, 2.75) is 58.8 Å². The summed E-state index contributed by atoms with van der Waals surface area (Å²) in [6, 6.07) is 0. The maximum Gasteiger partial charge on any atom is 0.162 e. The summed E-state index contributed by atoms with van der Waals surface area (Å²) in [5.74, 6) is 1.76. The van der Waals surface area contributed by atoms with Crippen LogP contribution in [0, 0.1) is 17.8 Å². The van der Waals surface area contributed by atoms with Gasteiger partial charge in [-0.15, -0.1) is 0 Å². The third kappa shape index (κ3) is 3.69. The molecule has 5 atom stereocenters. The summed E-state index contributed by atoms with van der Waals surface area (Å²) in [6.45, 7) is 11.5. The van der Waals surface area contributed by atoms with Gasteiger partial charge in [0.15, 0.2) is 6.29 Å². The van der Waals surface area contributed by atoms with Gasteiger partial charge >= 0.3 is 0 Å². The van der Waals surface area contributed by atoms with Crippen LogP contribution in [0.1, 0.15) is 46.5 Å². The Hall–Kier alpha value is -0.380. The van der Waals surface area contributed by atoms with Gasteiger partial charge in [0.1, 0.15) is 12.6 Å². The largest absolute Gasteiger partial charge is 0.349 e. The van der Waals surface area contributed by atoms with Crippen LogP contribution in [0.15, 0.2) is 11.6 Å². The first-order valence-electron chi connectivity index (χ1n) is 8.91. The van der Waals surface area contributed by atoms with Gasteiger partial charge < -0.3 is 14.4 Å². The van der Waals surface area contributed by atoms with Crippen LogP contribution in [-0.4, -0.2) is 38.6 Å². The van der Waals surface area contributed by atoms with Crippen molar-refractivity contribution in [1.82, 2.24) is 0 Å². The molecule has 120 valence electrons. The van der Waals surface area contributed by atoms with Crippen molar-refractivity contribution in [1.29, 1.82) is 0 Å². The average Bonchev–Trinajstić information content (AvgIpc) is 2.87. The number of piperidine rings is 1. The van der Waals surface area contributed by atoms with E-state index in [-0.39, 0.29) is 6.29 Å².